The van der Waals surface area contributed by atoms with Crippen LogP contribution in [0.5, 0.6) is 5.75 Å². The lowest BCUT2D eigenvalue weighted by Gasteiger charge is -2.06. The van der Waals surface area contributed by atoms with E-state index in [0.29, 0.717) is 5.56 Å². The summed E-state index contributed by atoms with van der Waals surface area (Å²) in [5.74, 6) is -0.788. The van der Waals surface area contributed by atoms with Crippen LogP contribution in [0.15, 0.2) is 30.9 Å². The molecule has 0 heterocycles. The van der Waals surface area contributed by atoms with Crippen LogP contribution in [-0.2, 0) is 11.2 Å². The van der Waals surface area contributed by atoms with Crippen LogP contribution in [0.3, 0.4) is 0 Å². The van der Waals surface area contributed by atoms with Gasteiger partial charge in [-0.3, -0.25) is 14.9 Å². The molecule has 1 N–H and O–H groups in total. The Morgan fingerprint density at radius 2 is 2.28 bits per heavy atom. The van der Waals surface area contributed by atoms with E-state index in [9.17, 15) is 14.9 Å². The summed E-state index contributed by atoms with van der Waals surface area (Å²) < 4.78 is 5.15. The Balaban J connectivity index is 2.91. The monoisotopic (exact) mass is 251 g/mol. The highest BCUT2D eigenvalue weighted by molar-refractivity contribution is 5.67. The van der Waals surface area contributed by atoms with E-state index in [1.807, 2.05) is 0 Å². The highest BCUT2D eigenvalue weighted by atomic mass is 16.6. The van der Waals surface area contributed by atoms with Crippen molar-refractivity contribution < 1.29 is 19.6 Å². The topological polar surface area (TPSA) is 89.7 Å². The fraction of sp³-hybridized carbons (Fsp3) is 0.250. The number of benzene rings is 1. The number of carboxylic acids is 1. The maximum Gasteiger partial charge on any atom is 0.311 e. The van der Waals surface area contributed by atoms with E-state index < -0.39 is 10.9 Å². The van der Waals surface area contributed by atoms with Gasteiger partial charge in [0.1, 0.15) is 6.61 Å². The van der Waals surface area contributed by atoms with Crippen LogP contribution >= 0.6 is 0 Å². The Morgan fingerprint density at radius 3 is 2.83 bits per heavy atom. The van der Waals surface area contributed by atoms with Crippen LogP contribution in [0, 0.1) is 10.1 Å². The first-order valence-electron chi connectivity index (χ1n) is 5.27. The number of aryl methyl sites for hydroxylation is 1. The van der Waals surface area contributed by atoms with Gasteiger partial charge in [0.25, 0.3) is 0 Å². The molecule has 0 saturated heterocycles. The molecular weight excluding hydrogens is 238 g/mol. The average Bonchev–Trinajstić information content (AvgIpc) is 2.34. The van der Waals surface area contributed by atoms with Crippen molar-refractivity contribution in [2.45, 2.75) is 12.8 Å². The minimum absolute atomic E-state index is 0.0655. The fourth-order valence-electron chi connectivity index (χ4n) is 1.38. The molecule has 0 aliphatic heterocycles. The van der Waals surface area contributed by atoms with Crippen molar-refractivity contribution in [2.75, 3.05) is 6.61 Å². The van der Waals surface area contributed by atoms with E-state index in [2.05, 4.69) is 6.58 Å². The van der Waals surface area contributed by atoms with Crippen molar-refractivity contribution in [3.05, 3.63) is 46.5 Å². The first-order valence-corrected chi connectivity index (χ1v) is 5.27. The van der Waals surface area contributed by atoms with Crippen LogP contribution < -0.4 is 4.74 Å². The zero-order chi connectivity index (χ0) is 13.5. The van der Waals surface area contributed by atoms with Gasteiger partial charge in [0, 0.05) is 12.5 Å². The number of nitro benzene ring substituents is 1. The molecule has 0 amide bonds. The van der Waals surface area contributed by atoms with Gasteiger partial charge < -0.3 is 9.84 Å². The third-order valence-corrected chi connectivity index (χ3v) is 2.20. The summed E-state index contributed by atoms with van der Waals surface area (Å²) in [7, 11) is 0. The van der Waals surface area contributed by atoms with Crippen LogP contribution in [0.4, 0.5) is 5.69 Å². The van der Waals surface area contributed by atoms with E-state index in [1.165, 1.54) is 18.2 Å². The molecule has 0 unspecified atom stereocenters. The number of nitrogens with zero attached hydrogens (tertiary/aromatic N) is 1. The highest BCUT2D eigenvalue weighted by Crippen LogP contribution is 2.28. The summed E-state index contributed by atoms with van der Waals surface area (Å²) in [4.78, 5) is 20.7. The van der Waals surface area contributed by atoms with Gasteiger partial charge in [-0.2, -0.15) is 0 Å². The van der Waals surface area contributed by atoms with Crippen molar-refractivity contribution in [3.63, 3.8) is 0 Å². The van der Waals surface area contributed by atoms with Gasteiger partial charge in [-0.1, -0.05) is 18.7 Å². The second-order valence-electron chi connectivity index (χ2n) is 3.55. The summed E-state index contributed by atoms with van der Waals surface area (Å²) in [5, 5.41) is 19.4. The number of carboxylic acid groups (broad SMARTS) is 1. The zero-order valence-corrected chi connectivity index (χ0v) is 9.67. The molecule has 0 bridgehead atoms. The van der Waals surface area contributed by atoms with Gasteiger partial charge >= 0.3 is 11.7 Å². The third-order valence-electron chi connectivity index (χ3n) is 2.20. The molecule has 0 aliphatic rings. The summed E-state index contributed by atoms with van der Waals surface area (Å²) in [6.07, 6.45) is 1.67. The quantitative estimate of drug-likeness (QED) is 0.455. The molecule has 1 aromatic carbocycles. The second-order valence-corrected chi connectivity index (χ2v) is 3.55. The third kappa shape index (κ3) is 3.89. The molecule has 0 fully saturated rings. The SMILES string of the molecule is C=CCOc1ccc(CCC(=O)O)cc1[N+](=O)[O-]. The number of ether oxygens (including phenoxy) is 1. The maximum absolute atomic E-state index is 10.9. The molecule has 18 heavy (non-hydrogen) atoms. The molecule has 0 spiro atoms. The summed E-state index contributed by atoms with van der Waals surface area (Å²) in [6.45, 7) is 3.63. The van der Waals surface area contributed by atoms with Gasteiger partial charge in [-0.25, -0.2) is 0 Å². The average molecular weight is 251 g/mol. The van der Waals surface area contributed by atoms with Gasteiger partial charge in [-0.05, 0) is 18.1 Å². The maximum atomic E-state index is 10.9. The highest BCUT2D eigenvalue weighted by Gasteiger charge is 2.15. The first kappa shape index (κ1) is 13.7. The van der Waals surface area contributed by atoms with E-state index in [-0.39, 0.29) is 30.9 Å². The lowest BCUT2D eigenvalue weighted by Crippen LogP contribution is -2.01. The van der Waals surface area contributed by atoms with Crippen LogP contribution in [-0.4, -0.2) is 22.6 Å². The van der Waals surface area contributed by atoms with Gasteiger partial charge in [0.2, 0.25) is 0 Å². The lowest BCUT2D eigenvalue weighted by atomic mass is 10.1. The number of rotatable bonds is 7. The second kappa shape index (κ2) is 6.39. The largest absolute Gasteiger partial charge is 0.483 e. The van der Waals surface area contributed by atoms with Crippen molar-refractivity contribution in [1.82, 2.24) is 0 Å². The Morgan fingerprint density at radius 1 is 1.56 bits per heavy atom. The molecule has 1 rings (SSSR count). The summed E-state index contributed by atoms with van der Waals surface area (Å²) >= 11 is 0. The number of carbonyl (C=O) groups is 1. The first-order chi connectivity index (χ1) is 8.54. The van der Waals surface area contributed by atoms with Crippen LogP contribution in [0.1, 0.15) is 12.0 Å². The standard InChI is InChI=1S/C12H13NO5/c1-2-7-18-11-5-3-9(4-6-12(14)15)8-10(11)13(16)17/h2-3,5,8H,1,4,6-7H2,(H,14,15). The Bertz CT molecular complexity index is 470. The summed E-state index contributed by atoms with van der Waals surface area (Å²) in [6, 6.07) is 4.43. The van der Waals surface area contributed by atoms with Crippen LogP contribution in [0.25, 0.3) is 0 Å². The van der Waals surface area contributed by atoms with Crippen molar-refractivity contribution in [3.8, 4) is 5.75 Å². The minimum Gasteiger partial charge on any atom is -0.483 e. The zero-order valence-electron chi connectivity index (χ0n) is 9.67. The number of hydrogen-bond donors (Lipinski definition) is 1. The molecule has 0 atom stereocenters. The fourth-order valence-corrected chi connectivity index (χ4v) is 1.38. The van der Waals surface area contributed by atoms with Crippen molar-refractivity contribution >= 4 is 11.7 Å². The van der Waals surface area contributed by atoms with Gasteiger partial charge in [-0.15, -0.1) is 0 Å². The Kier molecular flexibility index (Phi) is 4.86. The van der Waals surface area contributed by atoms with Crippen LogP contribution in [0.2, 0.25) is 0 Å². The van der Waals surface area contributed by atoms with Crippen molar-refractivity contribution in [1.29, 1.82) is 0 Å². The van der Waals surface area contributed by atoms with Gasteiger partial charge in [0.15, 0.2) is 5.75 Å². The normalized spacial score (nSPS) is 9.78. The Hall–Kier alpha value is -2.37. The predicted octanol–water partition coefficient (Wildman–Crippen LogP) is 2.18. The molecule has 0 aliphatic carbocycles. The molecule has 6 nitrogen and oxygen atoms in total. The van der Waals surface area contributed by atoms with E-state index in [4.69, 9.17) is 9.84 Å². The number of nitro groups is 1. The molecule has 0 saturated carbocycles. The molecule has 0 aromatic heterocycles. The molecule has 6 heteroatoms. The number of hydrogen-bond acceptors (Lipinski definition) is 4. The van der Waals surface area contributed by atoms with Gasteiger partial charge in [0.05, 0.1) is 4.92 Å². The molecule has 1 aromatic rings. The number of aliphatic carboxylic acids is 1. The molecule has 96 valence electrons. The molecule has 0 radical (unpaired) electrons. The summed E-state index contributed by atoms with van der Waals surface area (Å²) in [5.41, 5.74) is 0.426. The Labute approximate surface area is 104 Å². The molecular formula is C12H13NO5. The van der Waals surface area contributed by atoms with Crippen molar-refractivity contribution in [2.24, 2.45) is 0 Å². The van der Waals surface area contributed by atoms with E-state index in [1.54, 1.807) is 6.07 Å². The van der Waals surface area contributed by atoms with E-state index in [0.717, 1.165) is 0 Å². The lowest BCUT2D eigenvalue weighted by molar-refractivity contribution is -0.385. The smallest absolute Gasteiger partial charge is 0.311 e. The van der Waals surface area contributed by atoms with E-state index >= 15 is 0 Å². The predicted molar refractivity (Wildman–Crippen MR) is 64.7 cm³/mol. The minimum atomic E-state index is -0.940.